The van der Waals surface area contributed by atoms with Crippen LogP contribution in [0.15, 0.2) is 48.8 Å². The van der Waals surface area contributed by atoms with Gasteiger partial charge in [0.2, 0.25) is 0 Å². The number of carbonyl (C=O) groups is 1. The first-order valence-electron chi connectivity index (χ1n) is 6.89. The smallest absolute Gasteiger partial charge is 0.276 e. The van der Waals surface area contributed by atoms with E-state index in [4.69, 9.17) is 28.4 Å². The first kappa shape index (κ1) is 16.3. The Bertz CT molecular complexity index is 859. The zero-order valence-corrected chi connectivity index (χ0v) is 13.7. The first-order valence-corrected chi connectivity index (χ1v) is 7.64. The monoisotopic (exact) mass is 362 g/mol. The van der Waals surface area contributed by atoms with Crippen molar-refractivity contribution in [3.05, 3.63) is 64.4 Å². The summed E-state index contributed by atoms with van der Waals surface area (Å²) in [6.07, 6.45) is 3.39. The molecule has 0 atom stereocenters. The number of aromatic nitrogens is 2. The summed E-state index contributed by atoms with van der Waals surface area (Å²) < 4.78 is 0. The molecule has 4 N–H and O–H groups in total. The number of anilines is 2. The minimum Gasteiger partial charge on any atom is -0.352 e. The summed E-state index contributed by atoms with van der Waals surface area (Å²) in [5, 5.41) is 19.3. The van der Waals surface area contributed by atoms with Gasteiger partial charge in [-0.15, -0.1) is 0 Å². The Morgan fingerprint density at radius 1 is 1.12 bits per heavy atom. The van der Waals surface area contributed by atoms with E-state index in [1.165, 1.54) is 0 Å². The van der Waals surface area contributed by atoms with Gasteiger partial charge in [-0.2, -0.15) is 5.10 Å². The lowest BCUT2D eigenvalue weighted by Gasteiger charge is -2.14. The summed E-state index contributed by atoms with van der Waals surface area (Å²) in [7, 11) is 0. The minimum absolute atomic E-state index is 0.256. The fourth-order valence-electron chi connectivity index (χ4n) is 2.25. The number of benzene rings is 2. The second-order valence-electron chi connectivity index (χ2n) is 4.91. The molecule has 0 aliphatic heterocycles. The first-order chi connectivity index (χ1) is 11.6. The van der Waals surface area contributed by atoms with Crippen LogP contribution >= 0.6 is 23.2 Å². The average molecular weight is 363 g/mol. The molecule has 1 heterocycles. The van der Waals surface area contributed by atoms with Gasteiger partial charge < -0.3 is 5.32 Å². The third-order valence-electron chi connectivity index (χ3n) is 3.41. The maximum Gasteiger partial charge on any atom is 0.276 e. The van der Waals surface area contributed by atoms with E-state index in [-0.39, 0.29) is 5.56 Å². The molecule has 8 heteroatoms. The van der Waals surface area contributed by atoms with Crippen molar-refractivity contribution in [3.63, 3.8) is 0 Å². The summed E-state index contributed by atoms with van der Waals surface area (Å²) in [6, 6.07) is 10.2. The van der Waals surface area contributed by atoms with Crippen LogP contribution in [0.2, 0.25) is 10.0 Å². The predicted octanol–water partition coefficient (Wildman–Crippen LogP) is 4.25. The number of amides is 1. The molecule has 3 aromatic rings. The number of carbonyl (C=O) groups excluding carboxylic acids is 1. The summed E-state index contributed by atoms with van der Waals surface area (Å²) in [6.45, 7) is 0. The molecule has 0 spiro atoms. The second kappa shape index (κ2) is 6.92. The Balaban J connectivity index is 1.99. The van der Waals surface area contributed by atoms with Gasteiger partial charge in [-0.3, -0.25) is 15.1 Å². The van der Waals surface area contributed by atoms with Crippen LogP contribution in [-0.4, -0.2) is 21.3 Å². The number of nitrogens with one attached hydrogen (secondary N) is 3. The Morgan fingerprint density at radius 2 is 1.83 bits per heavy atom. The number of para-hydroxylation sites is 1. The molecule has 0 aliphatic rings. The molecule has 0 fully saturated rings. The van der Waals surface area contributed by atoms with Crippen molar-refractivity contribution < 1.29 is 10.0 Å². The van der Waals surface area contributed by atoms with E-state index in [0.29, 0.717) is 21.4 Å². The number of hydrogen-bond donors (Lipinski definition) is 4. The largest absolute Gasteiger partial charge is 0.352 e. The van der Waals surface area contributed by atoms with Crippen LogP contribution in [-0.2, 0) is 0 Å². The van der Waals surface area contributed by atoms with Crippen molar-refractivity contribution in [2.75, 3.05) is 5.32 Å². The molecule has 3 rings (SSSR count). The second-order valence-corrected chi connectivity index (χ2v) is 5.73. The number of H-pyrrole nitrogens is 1. The van der Waals surface area contributed by atoms with Gasteiger partial charge in [0.1, 0.15) is 0 Å². The number of aromatic amines is 1. The van der Waals surface area contributed by atoms with E-state index >= 15 is 0 Å². The highest BCUT2D eigenvalue weighted by Crippen LogP contribution is 2.37. The molecule has 0 aliphatic carbocycles. The summed E-state index contributed by atoms with van der Waals surface area (Å²) in [5.41, 5.74) is 4.45. The lowest BCUT2D eigenvalue weighted by molar-refractivity contribution is 0.0707. The number of nitrogens with zero attached hydrogens (tertiary/aromatic N) is 1. The van der Waals surface area contributed by atoms with E-state index in [9.17, 15) is 4.79 Å². The van der Waals surface area contributed by atoms with Crippen LogP contribution in [0.4, 0.5) is 11.4 Å². The average Bonchev–Trinajstić information content (AvgIpc) is 3.12. The third kappa shape index (κ3) is 3.21. The number of hydroxylamine groups is 1. The van der Waals surface area contributed by atoms with Gasteiger partial charge in [0.15, 0.2) is 0 Å². The van der Waals surface area contributed by atoms with E-state index in [1.807, 2.05) is 0 Å². The van der Waals surface area contributed by atoms with Crippen molar-refractivity contribution in [2.24, 2.45) is 0 Å². The fourth-order valence-corrected chi connectivity index (χ4v) is 2.83. The Morgan fingerprint density at radius 3 is 2.46 bits per heavy atom. The van der Waals surface area contributed by atoms with Crippen molar-refractivity contribution in [1.82, 2.24) is 15.7 Å². The summed E-state index contributed by atoms with van der Waals surface area (Å²) in [4.78, 5) is 11.7. The maximum absolute atomic E-state index is 11.7. The fraction of sp³-hybridized carbons (Fsp3) is 0. The summed E-state index contributed by atoms with van der Waals surface area (Å²) in [5.74, 6) is -0.639. The molecule has 0 unspecified atom stereocenters. The van der Waals surface area contributed by atoms with Crippen LogP contribution in [0.25, 0.3) is 11.1 Å². The molecule has 0 bridgehead atoms. The highest BCUT2D eigenvalue weighted by Gasteiger charge is 2.14. The molecule has 0 saturated carbocycles. The van der Waals surface area contributed by atoms with Gasteiger partial charge in [-0.05, 0) is 29.8 Å². The van der Waals surface area contributed by atoms with Gasteiger partial charge >= 0.3 is 0 Å². The minimum atomic E-state index is -0.639. The molecule has 1 amide bonds. The van der Waals surface area contributed by atoms with Crippen LogP contribution in [0.3, 0.4) is 0 Å². The van der Waals surface area contributed by atoms with E-state index in [1.54, 1.807) is 54.3 Å². The van der Waals surface area contributed by atoms with Crippen molar-refractivity contribution in [1.29, 1.82) is 0 Å². The number of hydrogen-bond acceptors (Lipinski definition) is 4. The van der Waals surface area contributed by atoms with Crippen LogP contribution in [0.5, 0.6) is 0 Å². The number of rotatable bonds is 4. The maximum atomic E-state index is 11.7. The summed E-state index contributed by atoms with van der Waals surface area (Å²) >= 11 is 12.7. The van der Waals surface area contributed by atoms with Crippen LogP contribution in [0, 0.1) is 0 Å². The zero-order chi connectivity index (χ0) is 17.1. The molecular weight excluding hydrogens is 351 g/mol. The normalized spacial score (nSPS) is 10.5. The third-order valence-corrected chi connectivity index (χ3v) is 4.00. The van der Waals surface area contributed by atoms with E-state index in [0.717, 1.165) is 11.1 Å². The van der Waals surface area contributed by atoms with Crippen LogP contribution in [0.1, 0.15) is 10.4 Å². The molecular formula is C16H12Cl2N4O2. The topological polar surface area (TPSA) is 90.0 Å². The van der Waals surface area contributed by atoms with Gasteiger partial charge in [-0.1, -0.05) is 35.3 Å². The SMILES string of the molecule is O=C(NO)c1ccccc1Nc1c(Cl)cc(-c2cn[nH]c2)cc1Cl. The lowest BCUT2D eigenvalue weighted by atomic mass is 10.1. The molecule has 1 aromatic heterocycles. The molecule has 2 aromatic carbocycles. The molecule has 6 nitrogen and oxygen atoms in total. The predicted molar refractivity (Wildman–Crippen MR) is 93.0 cm³/mol. The Kier molecular flexibility index (Phi) is 4.71. The van der Waals surface area contributed by atoms with Crippen LogP contribution < -0.4 is 10.8 Å². The standard InChI is InChI=1S/C16H12Cl2N4O2/c17-12-5-9(10-7-19-20-8-10)6-13(18)15(12)21-14-4-2-1-3-11(14)16(23)22-24/h1-8,21,24H,(H,19,20)(H,22,23). The highest BCUT2D eigenvalue weighted by molar-refractivity contribution is 6.39. The van der Waals surface area contributed by atoms with E-state index < -0.39 is 5.91 Å². The van der Waals surface area contributed by atoms with Gasteiger partial charge in [0.25, 0.3) is 5.91 Å². The van der Waals surface area contributed by atoms with Gasteiger partial charge in [-0.25, -0.2) is 5.48 Å². The van der Waals surface area contributed by atoms with Crippen molar-refractivity contribution in [3.8, 4) is 11.1 Å². The van der Waals surface area contributed by atoms with Gasteiger partial charge in [0, 0.05) is 11.8 Å². The zero-order valence-electron chi connectivity index (χ0n) is 12.2. The lowest BCUT2D eigenvalue weighted by Crippen LogP contribution is -2.19. The number of halogens is 2. The Hall–Kier alpha value is -2.54. The molecule has 0 radical (unpaired) electrons. The molecule has 0 saturated heterocycles. The quantitative estimate of drug-likeness (QED) is 0.412. The highest BCUT2D eigenvalue weighted by atomic mass is 35.5. The van der Waals surface area contributed by atoms with E-state index in [2.05, 4.69) is 15.5 Å². The molecule has 24 heavy (non-hydrogen) atoms. The molecule has 122 valence electrons. The van der Waals surface area contributed by atoms with Crippen molar-refractivity contribution in [2.45, 2.75) is 0 Å². The Labute approximate surface area is 147 Å². The van der Waals surface area contributed by atoms with Gasteiger partial charge in [0.05, 0.1) is 33.2 Å². The van der Waals surface area contributed by atoms with Crippen molar-refractivity contribution >= 4 is 40.5 Å².